The van der Waals surface area contributed by atoms with E-state index in [4.69, 9.17) is 28.4 Å². The van der Waals surface area contributed by atoms with Gasteiger partial charge in [-0.2, -0.15) is 0 Å². The summed E-state index contributed by atoms with van der Waals surface area (Å²) in [5, 5.41) is 11.0. The SMILES string of the molecule is O=C([O-])c1ccc2c(c1)OCCOCCOCCOCCOCCO2. The summed E-state index contributed by atoms with van der Waals surface area (Å²) < 4.78 is 32.7. The van der Waals surface area contributed by atoms with Gasteiger partial charge in [-0.05, 0) is 18.2 Å². The molecule has 0 spiro atoms. The molecule has 0 fully saturated rings. The molecule has 25 heavy (non-hydrogen) atoms. The number of fused-ring (bicyclic) bond motifs is 1. The lowest BCUT2D eigenvalue weighted by molar-refractivity contribution is -0.255. The third kappa shape index (κ3) is 7.70. The Morgan fingerprint density at radius 2 is 1.12 bits per heavy atom. The molecule has 0 saturated carbocycles. The molecule has 0 unspecified atom stereocenters. The lowest BCUT2D eigenvalue weighted by atomic mass is 10.2. The van der Waals surface area contributed by atoms with Crippen molar-refractivity contribution in [2.45, 2.75) is 0 Å². The Bertz CT molecular complexity index is 519. The quantitative estimate of drug-likeness (QED) is 0.688. The van der Waals surface area contributed by atoms with Crippen LogP contribution in [0.3, 0.4) is 0 Å². The molecule has 1 aromatic carbocycles. The molecule has 0 atom stereocenters. The highest BCUT2D eigenvalue weighted by molar-refractivity contribution is 5.86. The van der Waals surface area contributed by atoms with Crippen LogP contribution in [-0.2, 0) is 18.9 Å². The lowest BCUT2D eigenvalue weighted by Gasteiger charge is -2.15. The summed E-state index contributed by atoms with van der Waals surface area (Å²) in [5.41, 5.74) is 0.0206. The van der Waals surface area contributed by atoms with Crippen molar-refractivity contribution in [3.63, 3.8) is 0 Å². The first-order valence-electron chi connectivity index (χ1n) is 8.19. The first-order valence-corrected chi connectivity index (χ1v) is 8.19. The minimum Gasteiger partial charge on any atom is -0.545 e. The molecule has 0 saturated heterocycles. The second-order valence-corrected chi connectivity index (χ2v) is 5.10. The summed E-state index contributed by atoms with van der Waals surface area (Å²) in [6, 6.07) is 4.32. The van der Waals surface area contributed by atoms with E-state index in [0.717, 1.165) is 0 Å². The number of carboxylic acids is 1. The van der Waals surface area contributed by atoms with E-state index >= 15 is 0 Å². The van der Waals surface area contributed by atoms with Crippen LogP contribution in [0, 0.1) is 0 Å². The average molecular weight is 355 g/mol. The number of hydrogen-bond donors (Lipinski definition) is 0. The van der Waals surface area contributed by atoms with Crippen LogP contribution in [0.1, 0.15) is 10.4 Å². The van der Waals surface area contributed by atoms with Gasteiger partial charge in [0, 0.05) is 5.56 Å². The molecule has 0 bridgehead atoms. The van der Waals surface area contributed by atoms with E-state index in [-0.39, 0.29) is 12.2 Å². The third-order valence-corrected chi connectivity index (χ3v) is 3.27. The van der Waals surface area contributed by atoms with Gasteiger partial charge in [0.1, 0.15) is 13.2 Å². The minimum absolute atomic E-state index is 0.0206. The van der Waals surface area contributed by atoms with E-state index in [1.807, 2.05) is 0 Å². The zero-order chi connectivity index (χ0) is 17.7. The largest absolute Gasteiger partial charge is 0.545 e. The first kappa shape index (κ1) is 19.5. The molecule has 0 amide bonds. The Labute approximate surface area is 146 Å². The molecule has 2 rings (SSSR count). The third-order valence-electron chi connectivity index (χ3n) is 3.27. The van der Waals surface area contributed by atoms with Gasteiger partial charge in [-0.15, -0.1) is 0 Å². The molecular formula is C17H23O8-. The van der Waals surface area contributed by atoms with E-state index < -0.39 is 5.97 Å². The minimum atomic E-state index is -1.28. The normalized spacial score (nSPS) is 18.7. The number of hydrogen-bond acceptors (Lipinski definition) is 8. The summed E-state index contributed by atoms with van der Waals surface area (Å²) >= 11 is 0. The maximum Gasteiger partial charge on any atom is 0.161 e. The maximum absolute atomic E-state index is 11.0. The molecule has 1 aliphatic rings. The van der Waals surface area contributed by atoms with Crippen LogP contribution < -0.4 is 14.6 Å². The van der Waals surface area contributed by atoms with Crippen LogP contribution in [0.25, 0.3) is 0 Å². The van der Waals surface area contributed by atoms with Crippen molar-refractivity contribution in [3.8, 4) is 11.5 Å². The summed E-state index contributed by atoms with van der Waals surface area (Å²) in [6.07, 6.45) is 0. The van der Waals surface area contributed by atoms with Crippen molar-refractivity contribution < 1.29 is 38.3 Å². The van der Waals surface area contributed by atoms with Gasteiger partial charge in [0.15, 0.2) is 11.5 Å². The molecule has 0 radical (unpaired) electrons. The fraction of sp³-hybridized carbons (Fsp3) is 0.588. The van der Waals surface area contributed by atoms with E-state index in [1.54, 1.807) is 0 Å². The van der Waals surface area contributed by atoms with Gasteiger partial charge in [0.05, 0.1) is 58.8 Å². The van der Waals surface area contributed by atoms with Crippen molar-refractivity contribution in [2.24, 2.45) is 0 Å². The zero-order valence-electron chi connectivity index (χ0n) is 14.1. The Kier molecular flexibility index (Phi) is 9.06. The molecule has 0 aliphatic carbocycles. The van der Waals surface area contributed by atoms with Crippen LogP contribution in [0.5, 0.6) is 11.5 Å². The van der Waals surface area contributed by atoms with E-state index in [2.05, 4.69) is 0 Å². The predicted molar refractivity (Wildman–Crippen MR) is 85.0 cm³/mol. The van der Waals surface area contributed by atoms with Crippen molar-refractivity contribution in [3.05, 3.63) is 23.8 Å². The summed E-state index contributed by atoms with van der Waals surface area (Å²) in [5.74, 6) is -0.511. The number of ether oxygens (including phenoxy) is 6. The van der Waals surface area contributed by atoms with E-state index in [0.29, 0.717) is 71.0 Å². The van der Waals surface area contributed by atoms with E-state index in [9.17, 15) is 9.90 Å². The van der Waals surface area contributed by atoms with Gasteiger partial charge in [0.25, 0.3) is 0 Å². The fourth-order valence-electron chi connectivity index (χ4n) is 2.05. The van der Waals surface area contributed by atoms with Crippen molar-refractivity contribution >= 4 is 5.97 Å². The number of rotatable bonds is 1. The number of carboxylic acid groups (broad SMARTS) is 1. The van der Waals surface area contributed by atoms with Crippen LogP contribution >= 0.6 is 0 Å². The standard InChI is InChI=1S/C17H24O8/c18-17(19)14-1-2-15-16(13-14)25-12-10-23-8-6-21-4-3-20-5-7-22-9-11-24-15/h1-2,13H,3-12H2,(H,18,19)/p-1. The second kappa shape index (κ2) is 11.6. The van der Waals surface area contributed by atoms with Gasteiger partial charge >= 0.3 is 0 Å². The number of benzene rings is 1. The molecule has 8 nitrogen and oxygen atoms in total. The van der Waals surface area contributed by atoms with Crippen LogP contribution in [-0.4, -0.2) is 72.0 Å². The summed E-state index contributed by atoms with van der Waals surface area (Å²) in [4.78, 5) is 11.0. The van der Waals surface area contributed by atoms with Gasteiger partial charge < -0.3 is 38.3 Å². The second-order valence-electron chi connectivity index (χ2n) is 5.10. The number of aromatic carboxylic acids is 1. The lowest BCUT2D eigenvalue weighted by Crippen LogP contribution is -2.22. The maximum atomic E-state index is 11.0. The first-order chi connectivity index (χ1) is 12.3. The molecule has 8 heteroatoms. The van der Waals surface area contributed by atoms with Crippen LogP contribution in [0.2, 0.25) is 0 Å². The summed E-state index contributed by atoms with van der Waals surface area (Å²) in [7, 11) is 0. The highest BCUT2D eigenvalue weighted by Gasteiger charge is 2.08. The Morgan fingerprint density at radius 1 is 0.680 bits per heavy atom. The molecule has 1 heterocycles. The number of carbonyl (C=O) groups is 1. The molecule has 140 valence electrons. The topological polar surface area (TPSA) is 95.5 Å². The van der Waals surface area contributed by atoms with Crippen molar-refractivity contribution in [1.29, 1.82) is 0 Å². The van der Waals surface area contributed by atoms with Gasteiger partial charge in [-0.1, -0.05) is 0 Å². The van der Waals surface area contributed by atoms with Gasteiger partial charge in [0.2, 0.25) is 0 Å². The molecular weight excluding hydrogens is 332 g/mol. The molecule has 0 aromatic heterocycles. The highest BCUT2D eigenvalue weighted by atomic mass is 16.6. The molecule has 0 N–H and O–H groups in total. The Hall–Kier alpha value is -1.87. The van der Waals surface area contributed by atoms with Crippen LogP contribution in [0.15, 0.2) is 18.2 Å². The van der Waals surface area contributed by atoms with Crippen molar-refractivity contribution in [1.82, 2.24) is 0 Å². The average Bonchev–Trinajstić information content (AvgIpc) is 2.61. The Balaban J connectivity index is 1.93. The molecule has 1 aliphatic heterocycles. The van der Waals surface area contributed by atoms with Gasteiger partial charge in [-0.3, -0.25) is 0 Å². The fourth-order valence-corrected chi connectivity index (χ4v) is 2.05. The smallest absolute Gasteiger partial charge is 0.161 e. The van der Waals surface area contributed by atoms with Crippen molar-refractivity contribution in [2.75, 3.05) is 66.1 Å². The predicted octanol–water partition coefficient (Wildman–Crippen LogP) is -0.112. The monoisotopic (exact) mass is 355 g/mol. The molecule has 1 aromatic rings. The summed E-state index contributed by atoms with van der Waals surface area (Å²) in [6.45, 7) is 4.15. The number of carbonyl (C=O) groups excluding carboxylic acids is 1. The highest BCUT2D eigenvalue weighted by Crippen LogP contribution is 2.28. The van der Waals surface area contributed by atoms with E-state index in [1.165, 1.54) is 18.2 Å². The Morgan fingerprint density at radius 3 is 1.60 bits per heavy atom. The van der Waals surface area contributed by atoms with Crippen LogP contribution in [0.4, 0.5) is 0 Å². The zero-order valence-corrected chi connectivity index (χ0v) is 14.1. The van der Waals surface area contributed by atoms with Gasteiger partial charge in [-0.25, -0.2) is 0 Å².